The van der Waals surface area contributed by atoms with Gasteiger partial charge in [-0.3, -0.25) is 0 Å². The van der Waals surface area contributed by atoms with Crippen molar-refractivity contribution in [2.24, 2.45) is 0 Å². The number of rotatable bonds is 3. The molecule has 0 aliphatic carbocycles. The molecule has 0 amide bonds. The number of ether oxygens (including phenoxy) is 1. The number of halogens is 3. The third kappa shape index (κ3) is 2.82. The number of methoxy groups -OCH3 is 1. The van der Waals surface area contributed by atoms with Crippen LogP contribution in [-0.2, 0) is 12.6 Å². The molecule has 84 valence electrons. The van der Waals surface area contributed by atoms with Crippen molar-refractivity contribution < 1.29 is 23.0 Å². The largest absolute Gasteiger partial charge is 0.481 e. The number of alkyl halides is 3. The molecule has 0 aromatic carbocycles. The fourth-order valence-corrected chi connectivity index (χ4v) is 1.13. The van der Waals surface area contributed by atoms with Crippen LogP contribution in [-0.4, -0.2) is 23.8 Å². The molecule has 0 aliphatic rings. The first kappa shape index (κ1) is 11.8. The Morgan fingerprint density at radius 3 is 2.60 bits per heavy atom. The van der Waals surface area contributed by atoms with Crippen molar-refractivity contribution in [3.8, 4) is 5.88 Å². The smallest absolute Gasteiger partial charge is 0.421 e. The molecule has 0 bridgehead atoms. The molecule has 1 rings (SSSR count). The van der Waals surface area contributed by atoms with Crippen LogP contribution in [0.25, 0.3) is 0 Å². The maximum absolute atomic E-state index is 12.5. The van der Waals surface area contributed by atoms with E-state index in [1.807, 2.05) is 0 Å². The van der Waals surface area contributed by atoms with Crippen LogP contribution in [0.15, 0.2) is 12.3 Å². The Labute approximate surface area is 84.5 Å². The van der Waals surface area contributed by atoms with E-state index >= 15 is 0 Å². The quantitative estimate of drug-likeness (QED) is 0.843. The summed E-state index contributed by atoms with van der Waals surface area (Å²) in [7, 11) is 1.13. The molecule has 1 aromatic rings. The highest BCUT2D eigenvalue weighted by Gasteiger charge is 2.35. The van der Waals surface area contributed by atoms with Crippen LogP contribution in [0, 0.1) is 0 Å². The monoisotopic (exact) mass is 221 g/mol. The minimum absolute atomic E-state index is 0.139. The van der Waals surface area contributed by atoms with E-state index < -0.39 is 17.6 Å². The molecular weight excluding hydrogens is 211 g/mol. The van der Waals surface area contributed by atoms with Crippen molar-refractivity contribution >= 4 is 0 Å². The minimum Gasteiger partial charge on any atom is -0.481 e. The zero-order valence-corrected chi connectivity index (χ0v) is 8.01. The van der Waals surface area contributed by atoms with E-state index in [4.69, 9.17) is 5.11 Å². The standard InChI is InChI=1S/C9H10F3NO2/c1-15-8-7(9(10,11)12)4-6(2-3-14)5-13-8/h4-5,14H,2-3H2,1H3. The molecule has 0 radical (unpaired) electrons. The molecular formula is C9H10F3NO2. The van der Waals surface area contributed by atoms with E-state index in [0.29, 0.717) is 5.56 Å². The van der Waals surface area contributed by atoms with Crippen LogP contribution < -0.4 is 4.74 Å². The Balaban J connectivity index is 3.13. The number of hydrogen-bond acceptors (Lipinski definition) is 3. The molecule has 0 atom stereocenters. The summed E-state index contributed by atoms with van der Waals surface area (Å²) in [5, 5.41) is 8.60. The zero-order chi connectivity index (χ0) is 11.5. The van der Waals surface area contributed by atoms with Gasteiger partial charge in [0.15, 0.2) is 0 Å². The predicted molar refractivity (Wildman–Crippen MR) is 46.6 cm³/mol. The highest BCUT2D eigenvalue weighted by atomic mass is 19.4. The summed E-state index contributed by atoms with van der Waals surface area (Å²) in [6.07, 6.45) is -3.10. The third-order valence-electron chi connectivity index (χ3n) is 1.81. The van der Waals surface area contributed by atoms with E-state index in [0.717, 1.165) is 13.2 Å². The normalized spacial score (nSPS) is 11.5. The SMILES string of the molecule is COc1ncc(CCO)cc1C(F)(F)F. The van der Waals surface area contributed by atoms with Crippen molar-refractivity contribution in [2.45, 2.75) is 12.6 Å². The van der Waals surface area contributed by atoms with Gasteiger partial charge in [-0.15, -0.1) is 0 Å². The van der Waals surface area contributed by atoms with Crippen molar-refractivity contribution in [3.63, 3.8) is 0 Å². The predicted octanol–water partition coefficient (Wildman–Crippen LogP) is 1.64. The van der Waals surface area contributed by atoms with Gasteiger partial charge in [0.25, 0.3) is 0 Å². The van der Waals surface area contributed by atoms with Gasteiger partial charge in [0.05, 0.1) is 7.11 Å². The van der Waals surface area contributed by atoms with Gasteiger partial charge in [0.1, 0.15) is 5.56 Å². The summed E-state index contributed by atoms with van der Waals surface area (Å²) in [6, 6.07) is 0.933. The fourth-order valence-electron chi connectivity index (χ4n) is 1.13. The molecule has 1 heterocycles. The van der Waals surface area contributed by atoms with E-state index in [-0.39, 0.29) is 13.0 Å². The number of nitrogens with zero attached hydrogens (tertiary/aromatic N) is 1. The van der Waals surface area contributed by atoms with Gasteiger partial charge in [-0.1, -0.05) is 0 Å². The van der Waals surface area contributed by atoms with E-state index in [9.17, 15) is 13.2 Å². The number of pyridine rings is 1. The number of aromatic nitrogens is 1. The average Bonchev–Trinajstić information content (AvgIpc) is 2.17. The molecule has 6 heteroatoms. The first-order valence-electron chi connectivity index (χ1n) is 4.20. The van der Waals surface area contributed by atoms with Gasteiger partial charge in [0, 0.05) is 12.8 Å². The summed E-state index contributed by atoms with van der Waals surface area (Å²) >= 11 is 0. The molecule has 15 heavy (non-hydrogen) atoms. The second kappa shape index (κ2) is 4.48. The molecule has 0 saturated carbocycles. The Morgan fingerprint density at radius 1 is 1.47 bits per heavy atom. The van der Waals surface area contributed by atoms with Crippen LogP contribution in [0.3, 0.4) is 0 Å². The van der Waals surface area contributed by atoms with Gasteiger partial charge < -0.3 is 9.84 Å². The lowest BCUT2D eigenvalue weighted by molar-refractivity contribution is -0.139. The zero-order valence-electron chi connectivity index (χ0n) is 8.01. The van der Waals surface area contributed by atoms with E-state index in [1.54, 1.807) is 0 Å². The number of aliphatic hydroxyl groups is 1. The van der Waals surface area contributed by atoms with Crippen molar-refractivity contribution in [2.75, 3.05) is 13.7 Å². The highest BCUT2D eigenvalue weighted by Crippen LogP contribution is 2.35. The van der Waals surface area contributed by atoms with Gasteiger partial charge in [-0.2, -0.15) is 13.2 Å². The van der Waals surface area contributed by atoms with Crippen molar-refractivity contribution in [3.05, 3.63) is 23.4 Å². The Morgan fingerprint density at radius 2 is 2.13 bits per heavy atom. The Hall–Kier alpha value is -1.30. The van der Waals surface area contributed by atoms with E-state index in [2.05, 4.69) is 9.72 Å². The molecule has 1 N–H and O–H groups in total. The van der Waals surface area contributed by atoms with Crippen LogP contribution >= 0.6 is 0 Å². The average molecular weight is 221 g/mol. The lowest BCUT2D eigenvalue weighted by atomic mass is 10.1. The number of hydrogen-bond donors (Lipinski definition) is 1. The minimum atomic E-state index is -4.50. The molecule has 1 aromatic heterocycles. The maximum atomic E-state index is 12.5. The summed E-state index contributed by atoms with van der Waals surface area (Å²) in [5.41, 5.74) is -0.596. The summed E-state index contributed by atoms with van der Waals surface area (Å²) < 4.78 is 41.9. The van der Waals surface area contributed by atoms with Crippen LogP contribution in [0.1, 0.15) is 11.1 Å². The lowest BCUT2D eigenvalue weighted by Crippen LogP contribution is -2.10. The molecule has 0 spiro atoms. The maximum Gasteiger partial charge on any atom is 0.421 e. The van der Waals surface area contributed by atoms with Crippen molar-refractivity contribution in [1.29, 1.82) is 0 Å². The van der Waals surface area contributed by atoms with Crippen molar-refractivity contribution in [1.82, 2.24) is 4.98 Å². The molecule has 3 nitrogen and oxygen atoms in total. The second-order valence-electron chi connectivity index (χ2n) is 2.87. The fraction of sp³-hybridized carbons (Fsp3) is 0.444. The van der Waals surface area contributed by atoms with Crippen LogP contribution in [0.5, 0.6) is 5.88 Å². The van der Waals surface area contributed by atoms with Gasteiger partial charge in [-0.25, -0.2) is 4.98 Å². The molecule has 0 unspecified atom stereocenters. The van der Waals surface area contributed by atoms with Gasteiger partial charge in [0.2, 0.25) is 5.88 Å². The summed E-state index contributed by atoms with van der Waals surface area (Å²) in [6.45, 7) is -0.217. The number of aliphatic hydroxyl groups excluding tert-OH is 1. The first-order valence-corrected chi connectivity index (χ1v) is 4.20. The summed E-state index contributed by atoms with van der Waals surface area (Å²) in [5.74, 6) is -0.454. The molecule has 0 aliphatic heterocycles. The first-order chi connectivity index (χ1) is 6.99. The molecule has 0 saturated heterocycles. The highest BCUT2D eigenvalue weighted by molar-refractivity contribution is 5.32. The van der Waals surface area contributed by atoms with Crippen LogP contribution in [0.4, 0.5) is 13.2 Å². The second-order valence-corrected chi connectivity index (χ2v) is 2.87. The lowest BCUT2D eigenvalue weighted by Gasteiger charge is -2.11. The summed E-state index contributed by atoms with van der Waals surface area (Å²) in [4.78, 5) is 3.53. The third-order valence-corrected chi connectivity index (χ3v) is 1.81. The Kier molecular flexibility index (Phi) is 3.52. The Bertz CT molecular complexity index is 339. The topological polar surface area (TPSA) is 42.4 Å². The van der Waals surface area contributed by atoms with Crippen LogP contribution in [0.2, 0.25) is 0 Å². The molecule has 0 fully saturated rings. The van der Waals surface area contributed by atoms with E-state index in [1.165, 1.54) is 6.20 Å². The van der Waals surface area contributed by atoms with Gasteiger partial charge >= 0.3 is 6.18 Å². The van der Waals surface area contributed by atoms with Gasteiger partial charge in [-0.05, 0) is 18.1 Å².